The van der Waals surface area contributed by atoms with E-state index >= 15 is 0 Å². The lowest BCUT2D eigenvalue weighted by atomic mass is 9.87. The van der Waals surface area contributed by atoms with Crippen LogP contribution in [0.4, 0.5) is 0 Å². The molecule has 1 fully saturated rings. The van der Waals surface area contributed by atoms with Crippen LogP contribution in [-0.4, -0.2) is 23.7 Å². The van der Waals surface area contributed by atoms with Crippen LogP contribution in [0.3, 0.4) is 0 Å². The van der Waals surface area contributed by atoms with Crippen LogP contribution in [0.15, 0.2) is 24.3 Å². The molecule has 3 nitrogen and oxygen atoms in total. The second kappa shape index (κ2) is 6.92. The van der Waals surface area contributed by atoms with Crippen LogP contribution in [0.25, 0.3) is 0 Å². The molecule has 0 spiro atoms. The lowest BCUT2D eigenvalue weighted by molar-refractivity contribution is -0.120. The minimum Gasteiger partial charge on any atom is -0.393 e. The summed E-state index contributed by atoms with van der Waals surface area (Å²) in [4.78, 5) is 11.8. The highest BCUT2D eigenvalue weighted by molar-refractivity contribution is 6.30. The maximum absolute atomic E-state index is 11.8. The average molecular weight is 282 g/mol. The highest BCUT2D eigenvalue weighted by atomic mass is 35.5. The topological polar surface area (TPSA) is 49.3 Å². The number of aliphatic hydroxyl groups is 1. The smallest absolute Gasteiger partial charge is 0.224 e. The van der Waals surface area contributed by atoms with Crippen LogP contribution in [0.1, 0.15) is 31.2 Å². The van der Waals surface area contributed by atoms with E-state index < -0.39 is 0 Å². The molecule has 1 aliphatic carbocycles. The Labute approximate surface area is 119 Å². The van der Waals surface area contributed by atoms with Gasteiger partial charge in [0.25, 0.3) is 0 Å². The minimum atomic E-state index is -0.191. The molecule has 0 saturated heterocycles. The quantitative estimate of drug-likeness (QED) is 0.891. The van der Waals surface area contributed by atoms with Crippen LogP contribution in [0, 0.1) is 5.92 Å². The van der Waals surface area contributed by atoms with Crippen LogP contribution in [0.2, 0.25) is 5.02 Å². The van der Waals surface area contributed by atoms with Gasteiger partial charge in [-0.15, -0.1) is 0 Å². The summed E-state index contributed by atoms with van der Waals surface area (Å²) >= 11 is 5.88. The molecule has 1 saturated carbocycles. The highest BCUT2D eigenvalue weighted by Gasteiger charge is 2.20. The zero-order chi connectivity index (χ0) is 13.7. The zero-order valence-corrected chi connectivity index (χ0v) is 11.7. The lowest BCUT2D eigenvalue weighted by Gasteiger charge is -2.25. The van der Waals surface area contributed by atoms with Gasteiger partial charge in [-0.05, 0) is 42.9 Å². The van der Waals surface area contributed by atoms with Crippen LogP contribution in [0.5, 0.6) is 0 Å². The first kappa shape index (κ1) is 14.4. The average Bonchev–Trinajstić information content (AvgIpc) is 2.36. The van der Waals surface area contributed by atoms with Crippen molar-refractivity contribution >= 4 is 17.5 Å². The first-order chi connectivity index (χ1) is 9.13. The fourth-order valence-corrected chi connectivity index (χ4v) is 2.81. The predicted octanol–water partition coefficient (Wildman–Crippen LogP) is 2.55. The van der Waals surface area contributed by atoms with E-state index in [9.17, 15) is 9.90 Å². The van der Waals surface area contributed by atoms with E-state index in [1.807, 2.05) is 18.2 Å². The number of carbonyl (C=O) groups is 1. The van der Waals surface area contributed by atoms with E-state index in [0.717, 1.165) is 31.2 Å². The number of amides is 1. The Balaban J connectivity index is 1.75. The van der Waals surface area contributed by atoms with Crippen LogP contribution >= 0.6 is 11.6 Å². The van der Waals surface area contributed by atoms with Crippen molar-refractivity contribution in [2.75, 3.05) is 6.54 Å². The van der Waals surface area contributed by atoms with Crippen molar-refractivity contribution in [2.45, 2.75) is 38.2 Å². The molecular formula is C15H20ClNO2. The summed E-state index contributed by atoms with van der Waals surface area (Å²) in [5, 5.41) is 13.2. The number of hydrogen-bond donors (Lipinski definition) is 2. The number of hydrogen-bond acceptors (Lipinski definition) is 2. The standard InChI is InChI=1S/C15H20ClNO2/c16-13-5-1-3-11(7-13)9-15(19)17-10-12-4-2-6-14(18)8-12/h1,3,5,7,12,14,18H,2,4,6,8-10H2,(H,17,19). The molecule has 2 rings (SSSR count). The van der Waals surface area contributed by atoms with Crippen molar-refractivity contribution < 1.29 is 9.90 Å². The monoisotopic (exact) mass is 281 g/mol. The minimum absolute atomic E-state index is 0.0160. The number of benzene rings is 1. The molecule has 104 valence electrons. The lowest BCUT2D eigenvalue weighted by Crippen LogP contribution is -2.33. The highest BCUT2D eigenvalue weighted by Crippen LogP contribution is 2.23. The molecular weight excluding hydrogens is 262 g/mol. The number of aliphatic hydroxyl groups excluding tert-OH is 1. The molecule has 19 heavy (non-hydrogen) atoms. The number of halogens is 1. The first-order valence-electron chi connectivity index (χ1n) is 6.82. The maximum Gasteiger partial charge on any atom is 0.224 e. The van der Waals surface area contributed by atoms with E-state index in [1.54, 1.807) is 6.07 Å². The molecule has 0 radical (unpaired) electrons. The fourth-order valence-electron chi connectivity index (χ4n) is 2.60. The molecule has 2 unspecified atom stereocenters. The Morgan fingerprint density at radius 1 is 1.42 bits per heavy atom. The van der Waals surface area contributed by atoms with Gasteiger partial charge in [-0.25, -0.2) is 0 Å². The Morgan fingerprint density at radius 3 is 3.00 bits per heavy atom. The maximum atomic E-state index is 11.8. The predicted molar refractivity (Wildman–Crippen MR) is 76.1 cm³/mol. The summed E-state index contributed by atoms with van der Waals surface area (Å²) < 4.78 is 0. The van der Waals surface area contributed by atoms with Crippen molar-refractivity contribution in [1.82, 2.24) is 5.32 Å². The Kier molecular flexibility index (Phi) is 5.23. The number of carbonyl (C=O) groups excluding carboxylic acids is 1. The summed E-state index contributed by atoms with van der Waals surface area (Å²) in [5.41, 5.74) is 0.925. The largest absolute Gasteiger partial charge is 0.393 e. The van der Waals surface area contributed by atoms with Crippen LogP contribution < -0.4 is 5.32 Å². The van der Waals surface area contributed by atoms with Gasteiger partial charge >= 0.3 is 0 Å². The van der Waals surface area contributed by atoms with Gasteiger partial charge in [0.1, 0.15) is 0 Å². The van der Waals surface area contributed by atoms with Crippen molar-refractivity contribution in [3.05, 3.63) is 34.9 Å². The van der Waals surface area contributed by atoms with Crippen LogP contribution in [-0.2, 0) is 11.2 Å². The Morgan fingerprint density at radius 2 is 2.26 bits per heavy atom. The van der Waals surface area contributed by atoms with E-state index in [0.29, 0.717) is 23.9 Å². The third-order valence-corrected chi connectivity index (χ3v) is 3.83. The summed E-state index contributed by atoms with van der Waals surface area (Å²) in [7, 11) is 0. The molecule has 0 aromatic heterocycles. The normalized spacial score (nSPS) is 23.1. The molecule has 1 aliphatic rings. The van der Waals surface area contributed by atoms with Crippen molar-refractivity contribution in [1.29, 1.82) is 0 Å². The van der Waals surface area contributed by atoms with Gasteiger partial charge in [0.15, 0.2) is 0 Å². The van der Waals surface area contributed by atoms with Gasteiger partial charge < -0.3 is 10.4 Å². The Hall–Kier alpha value is -1.06. The molecule has 1 amide bonds. The summed E-state index contributed by atoms with van der Waals surface area (Å²) in [6.45, 7) is 0.663. The van der Waals surface area contributed by atoms with E-state index in [4.69, 9.17) is 11.6 Å². The van der Waals surface area contributed by atoms with E-state index in [1.165, 1.54) is 0 Å². The molecule has 1 aromatic rings. The molecule has 4 heteroatoms. The number of nitrogens with one attached hydrogen (secondary N) is 1. The van der Waals surface area contributed by atoms with Gasteiger partial charge in [-0.3, -0.25) is 4.79 Å². The summed E-state index contributed by atoms with van der Waals surface area (Å²) in [5.74, 6) is 0.425. The fraction of sp³-hybridized carbons (Fsp3) is 0.533. The van der Waals surface area contributed by atoms with Crippen molar-refractivity contribution in [3.8, 4) is 0 Å². The van der Waals surface area contributed by atoms with E-state index in [2.05, 4.69) is 5.32 Å². The van der Waals surface area contributed by atoms with E-state index in [-0.39, 0.29) is 12.0 Å². The zero-order valence-electron chi connectivity index (χ0n) is 10.9. The number of rotatable bonds is 4. The molecule has 2 N–H and O–H groups in total. The summed E-state index contributed by atoms with van der Waals surface area (Å²) in [6, 6.07) is 7.36. The van der Waals surface area contributed by atoms with Gasteiger partial charge in [-0.1, -0.05) is 30.2 Å². The SMILES string of the molecule is O=C(Cc1cccc(Cl)c1)NCC1CCCC(O)C1. The first-order valence-corrected chi connectivity index (χ1v) is 7.20. The third-order valence-electron chi connectivity index (χ3n) is 3.60. The van der Waals surface area contributed by atoms with Crippen molar-refractivity contribution in [2.24, 2.45) is 5.92 Å². The summed E-state index contributed by atoms with van der Waals surface area (Å²) in [6.07, 6.45) is 4.01. The Bertz CT molecular complexity index is 436. The second-order valence-electron chi connectivity index (χ2n) is 5.30. The third kappa shape index (κ3) is 4.84. The van der Waals surface area contributed by atoms with Gasteiger partial charge in [0.2, 0.25) is 5.91 Å². The van der Waals surface area contributed by atoms with Gasteiger partial charge in [0, 0.05) is 11.6 Å². The molecule has 0 aliphatic heterocycles. The van der Waals surface area contributed by atoms with Gasteiger partial charge in [-0.2, -0.15) is 0 Å². The molecule has 0 bridgehead atoms. The second-order valence-corrected chi connectivity index (χ2v) is 5.73. The van der Waals surface area contributed by atoms with Crippen molar-refractivity contribution in [3.63, 3.8) is 0 Å². The van der Waals surface area contributed by atoms with Gasteiger partial charge in [0.05, 0.1) is 12.5 Å². The molecule has 1 aromatic carbocycles. The molecule has 2 atom stereocenters. The molecule has 0 heterocycles.